The monoisotopic (exact) mass is 184 g/mol. The van der Waals surface area contributed by atoms with Crippen molar-refractivity contribution in [3.8, 4) is 0 Å². The molecular weight excluding hydrogens is 172 g/mol. The molecule has 72 valence electrons. The van der Waals surface area contributed by atoms with Crippen LogP contribution in [0.3, 0.4) is 0 Å². The molecule has 1 N–H and O–H groups in total. The van der Waals surface area contributed by atoms with Crippen molar-refractivity contribution in [1.29, 1.82) is 0 Å². The van der Waals surface area contributed by atoms with Crippen LogP contribution in [0.4, 0.5) is 5.69 Å². The quantitative estimate of drug-likeness (QED) is 0.501. The van der Waals surface area contributed by atoms with Gasteiger partial charge in [-0.25, -0.2) is 0 Å². The van der Waals surface area contributed by atoms with Gasteiger partial charge in [0.2, 0.25) is 0 Å². The van der Waals surface area contributed by atoms with Crippen LogP contribution < -0.4 is 4.90 Å². The molecule has 1 aromatic rings. The standard InChI is InChI=1S/C8H11N.NO3/c1-9(2)8-6-4-3-5-7-8;2-1(3)4/h3-7H,1-2H3;/q;-1/p+1. The molecule has 0 aromatic heterocycles. The summed E-state index contributed by atoms with van der Waals surface area (Å²) in [5, 5.41) is 14.8. The van der Waals surface area contributed by atoms with Gasteiger partial charge < -0.3 is 20.2 Å². The molecule has 13 heavy (non-hydrogen) atoms. The Labute approximate surface area is 76.3 Å². The van der Waals surface area contributed by atoms with E-state index >= 15 is 0 Å². The van der Waals surface area contributed by atoms with Crippen LogP contribution in [0.2, 0.25) is 0 Å². The molecule has 5 nitrogen and oxygen atoms in total. The highest BCUT2D eigenvalue weighted by molar-refractivity contribution is 5.27. The summed E-state index contributed by atoms with van der Waals surface area (Å²) in [6.45, 7) is 0. The topological polar surface area (TPSA) is 70.6 Å². The Morgan fingerprint density at radius 3 is 1.77 bits per heavy atom. The minimum Gasteiger partial charge on any atom is -0.356 e. The molecule has 0 fully saturated rings. The van der Waals surface area contributed by atoms with Crippen LogP contribution in [0, 0.1) is 15.3 Å². The van der Waals surface area contributed by atoms with Gasteiger partial charge >= 0.3 is 0 Å². The van der Waals surface area contributed by atoms with Crippen molar-refractivity contribution in [2.75, 3.05) is 14.1 Å². The molecule has 0 atom stereocenters. The van der Waals surface area contributed by atoms with Gasteiger partial charge in [0.25, 0.3) is 0 Å². The molecule has 0 saturated heterocycles. The molecule has 0 aliphatic rings. The molecule has 1 rings (SSSR count). The molecule has 1 aromatic carbocycles. The van der Waals surface area contributed by atoms with Crippen LogP contribution in [-0.2, 0) is 0 Å². The van der Waals surface area contributed by atoms with Crippen molar-refractivity contribution in [1.82, 2.24) is 0 Å². The molecule has 0 heterocycles. The van der Waals surface area contributed by atoms with E-state index in [2.05, 4.69) is 38.4 Å². The summed E-state index contributed by atoms with van der Waals surface area (Å²) < 4.78 is 0. The molecule has 5 heteroatoms. The van der Waals surface area contributed by atoms with Gasteiger partial charge in [-0.05, 0) is 12.1 Å². The minimum atomic E-state index is -1.75. The van der Waals surface area contributed by atoms with E-state index < -0.39 is 5.09 Å². The van der Waals surface area contributed by atoms with E-state index in [1.807, 2.05) is 6.07 Å². The van der Waals surface area contributed by atoms with Crippen LogP contribution >= 0.6 is 0 Å². The van der Waals surface area contributed by atoms with E-state index in [9.17, 15) is 0 Å². The average molecular weight is 184 g/mol. The summed E-state index contributed by atoms with van der Waals surface area (Å²) in [5.74, 6) is 0. The summed E-state index contributed by atoms with van der Waals surface area (Å²) >= 11 is 0. The zero-order valence-electron chi connectivity index (χ0n) is 7.56. The maximum Gasteiger partial charge on any atom is 0.130 e. The second-order valence-electron chi connectivity index (χ2n) is 2.59. The zero-order chi connectivity index (χ0) is 10.3. The van der Waals surface area contributed by atoms with E-state index in [0.29, 0.717) is 0 Å². The molecule has 0 amide bonds. The summed E-state index contributed by atoms with van der Waals surface area (Å²) in [7, 11) is 4.24. The van der Waals surface area contributed by atoms with Gasteiger partial charge in [-0.1, -0.05) is 18.2 Å². The smallest absolute Gasteiger partial charge is 0.130 e. The third-order valence-corrected chi connectivity index (χ3v) is 1.35. The van der Waals surface area contributed by atoms with Crippen molar-refractivity contribution >= 4 is 5.69 Å². The number of nitrogens with one attached hydrogen (secondary N) is 1. The summed E-state index contributed by atoms with van der Waals surface area (Å²) in [6.07, 6.45) is 0. The van der Waals surface area contributed by atoms with Gasteiger partial charge in [0.05, 0.1) is 19.2 Å². The fourth-order valence-electron chi connectivity index (χ4n) is 0.771. The largest absolute Gasteiger partial charge is 0.356 e. The SMILES string of the molecule is C[NH+](C)c1ccccc1.O=[N+]([O-])[O-]. The number of nitrogens with zero attached hydrogens (tertiary/aromatic N) is 1. The fourth-order valence-corrected chi connectivity index (χ4v) is 0.771. The van der Waals surface area contributed by atoms with Gasteiger partial charge in [0, 0.05) is 0 Å². The lowest BCUT2D eigenvalue weighted by Crippen LogP contribution is -3.00. The van der Waals surface area contributed by atoms with Crippen LogP contribution in [0.25, 0.3) is 0 Å². The van der Waals surface area contributed by atoms with Crippen LogP contribution in [-0.4, -0.2) is 19.2 Å². The fraction of sp³-hybridized carbons (Fsp3) is 0.250. The number of para-hydroxylation sites is 1. The number of rotatable bonds is 1. The normalized spacial score (nSPS) is 8.85. The first-order chi connectivity index (χ1) is 6.04. The molecule has 0 saturated carbocycles. The summed E-state index contributed by atoms with van der Waals surface area (Å²) in [4.78, 5) is 9.62. The molecular formula is C8H12N2O3. The number of hydrogen-bond donors (Lipinski definition) is 1. The maximum atomic E-state index is 8.25. The number of benzene rings is 1. The highest BCUT2D eigenvalue weighted by Crippen LogP contribution is 1.95. The van der Waals surface area contributed by atoms with Gasteiger partial charge in [-0.15, -0.1) is 0 Å². The Balaban J connectivity index is 0.000000310. The van der Waals surface area contributed by atoms with Crippen molar-refractivity contribution in [3.05, 3.63) is 45.7 Å². The molecule has 0 spiro atoms. The van der Waals surface area contributed by atoms with Crippen molar-refractivity contribution < 1.29 is 9.99 Å². The van der Waals surface area contributed by atoms with E-state index in [1.165, 1.54) is 10.6 Å². The Bertz CT molecular complexity index is 245. The van der Waals surface area contributed by atoms with E-state index in [0.717, 1.165) is 0 Å². The Hall–Kier alpha value is -1.62. The highest BCUT2D eigenvalue weighted by atomic mass is 16.9. The Morgan fingerprint density at radius 1 is 1.15 bits per heavy atom. The third-order valence-electron chi connectivity index (χ3n) is 1.35. The second kappa shape index (κ2) is 5.96. The predicted octanol–water partition coefficient (Wildman–Crippen LogP) is 0.223. The summed E-state index contributed by atoms with van der Waals surface area (Å²) in [5.41, 5.74) is 1.33. The van der Waals surface area contributed by atoms with Gasteiger partial charge in [-0.3, -0.25) is 0 Å². The first kappa shape index (κ1) is 11.4. The minimum absolute atomic E-state index is 1.33. The Morgan fingerprint density at radius 2 is 1.54 bits per heavy atom. The number of quaternary nitrogens is 1. The van der Waals surface area contributed by atoms with E-state index in [4.69, 9.17) is 15.3 Å². The molecule has 0 aliphatic carbocycles. The van der Waals surface area contributed by atoms with Crippen molar-refractivity contribution in [2.45, 2.75) is 0 Å². The van der Waals surface area contributed by atoms with Crippen LogP contribution in [0.5, 0.6) is 0 Å². The highest BCUT2D eigenvalue weighted by Gasteiger charge is 1.93. The molecule has 0 unspecified atom stereocenters. The first-order valence-corrected chi connectivity index (χ1v) is 3.71. The average Bonchev–Trinajstić information content (AvgIpc) is 2.05. The first-order valence-electron chi connectivity index (χ1n) is 3.71. The van der Waals surface area contributed by atoms with Gasteiger partial charge in [-0.2, -0.15) is 0 Å². The van der Waals surface area contributed by atoms with Crippen molar-refractivity contribution in [2.24, 2.45) is 0 Å². The van der Waals surface area contributed by atoms with Crippen LogP contribution in [0.15, 0.2) is 30.3 Å². The summed E-state index contributed by atoms with van der Waals surface area (Å²) in [6, 6.07) is 10.4. The molecule has 0 aliphatic heterocycles. The number of hydrogen-bond acceptors (Lipinski definition) is 3. The van der Waals surface area contributed by atoms with Gasteiger partial charge in [0.1, 0.15) is 5.69 Å². The maximum absolute atomic E-state index is 8.25. The zero-order valence-corrected chi connectivity index (χ0v) is 7.56. The lowest BCUT2D eigenvalue weighted by Gasteiger charge is -2.03. The van der Waals surface area contributed by atoms with E-state index in [1.54, 1.807) is 0 Å². The van der Waals surface area contributed by atoms with E-state index in [-0.39, 0.29) is 0 Å². The van der Waals surface area contributed by atoms with Crippen molar-refractivity contribution in [3.63, 3.8) is 0 Å². The Kier molecular flexibility index (Phi) is 5.22. The second-order valence-corrected chi connectivity index (χ2v) is 2.59. The molecule has 0 radical (unpaired) electrons. The predicted molar refractivity (Wildman–Crippen MR) is 49.3 cm³/mol. The van der Waals surface area contributed by atoms with Gasteiger partial charge in [0.15, 0.2) is 0 Å². The lowest BCUT2D eigenvalue weighted by atomic mass is 10.3. The van der Waals surface area contributed by atoms with Crippen LogP contribution in [0.1, 0.15) is 0 Å². The lowest BCUT2D eigenvalue weighted by molar-refractivity contribution is -0.786. The molecule has 0 bridgehead atoms. The third kappa shape index (κ3) is 6.77.